The molecular formula is C21H14N4O3. The van der Waals surface area contributed by atoms with Gasteiger partial charge in [-0.05, 0) is 54.6 Å². The Balaban J connectivity index is 1.69. The lowest BCUT2D eigenvalue weighted by atomic mass is 10.1. The molecule has 1 aliphatic rings. The summed E-state index contributed by atoms with van der Waals surface area (Å²) in [5, 5.41) is 14.7. The summed E-state index contributed by atoms with van der Waals surface area (Å²) in [6.07, 6.45) is 0. The molecule has 2 N–H and O–H groups in total. The lowest BCUT2D eigenvalue weighted by Crippen LogP contribution is -2.19. The van der Waals surface area contributed by atoms with E-state index in [1.165, 1.54) is 0 Å². The second-order valence-electron chi connectivity index (χ2n) is 6.10. The number of anilines is 2. The van der Waals surface area contributed by atoms with Crippen LogP contribution in [0.25, 0.3) is 11.3 Å². The van der Waals surface area contributed by atoms with Crippen LogP contribution in [-0.4, -0.2) is 23.9 Å². The smallest absolute Gasteiger partial charge is 0.259 e. The zero-order chi connectivity index (χ0) is 19.7. The maximum absolute atomic E-state index is 11.9. The molecule has 28 heavy (non-hydrogen) atoms. The highest BCUT2D eigenvalue weighted by Gasteiger charge is 2.26. The fourth-order valence-electron chi connectivity index (χ4n) is 2.95. The first-order valence-electron chi connectivity index (χ1n) is 8.41. The first-order valence-corrected chi connectivity index (χ1v) is 8.41. The Kier molecular flexibility index (Phi) is 4.22. The SMILES string of the molecule is COc1ccc(-c2ccc(C#N)c(Nc3ccc4c(c3)C(=O)NC4=O)n2)cc1. The van der Waals surface area contributed by atoms with Gasteiger partial charge in [0.05, 0.1) is 29.5 Å². The number of nitrogens with one attached hydrogen (secondary N) is 2. The zero-order valence-corrected chi connectivity index (χ0v) is 14.8. The third-order valence-corrected chi connectivity index (χ3v) is 4.40. The average molecular weight is 370 g/mol. The standard InChI is InChI=1S/C21H14N4O3/c1-28-15-6-2-12(3-7-15)18-9-4-13(11-22)19(24-18)23-14-5-8-16-17(10-14)21(27)25-20(16)26/h2-10H,1H3,(H,23,24)(H,25,26,27). The minimum Gasteiger partial charge on any atom is -0.497 e. The van der Waals surface area contributed by atoms with Gasteiger partial charge in [0, 0.05) is 11.3 Å². The minimum atomic E-state index is -0.441. The zero-order valence-electron chi connectivity index (χ0n) is 14.8. The fourth-order valence-corrected chi connectivity index (χ4v) is 2.95. The lowest BCUT2D eigenvalue weighted by Gasteiger charge is -2.10. The molecule has 7 heteroatoms. The number of carbonyl (C=O) groups is 2. The number of amides is 2. The van der Waals surface area contributed by atoms with E-state index in [0.717, 1.165) is 11.3 Å². The predicted molar refractivity (Wildman–Crippen MR) is 102 cm³/mol. The number of rotatable bonds is 4. The molecule has 0 fully saturated rings. The number of hydrogen-bond donors (Lipinski definition) is 2. The van der Waals surface area contributed by atoms with Gasteiger partial charge in [0.25, 0.3) is 11.8 Å². The number of hydrogen-bond acceptors (Lipinski definition) is 6. The third-order valence-electron chi connectivity index (χ3n) is 4.40. The molecule has 0 spiro atoms. The molecule has 3 aromatic rings. The molecule has 1 aromatic heterocycles. The Morgan fingerprint density at radius 1 is 1.00 bits per heavy atom. The number of benzene rings is 2. The largest absolute Gasteiger partial charge is 0.497 e. The van der Waals surface area contributed by atoms with Gasteiger partial charge >= 0.3 is 0 Å². The summed E-state index contributed by atoms with van der Waals surface area (Å²) in [7, 11) is 1.60. The lowest BCUT2D eigenvalue weighted by molar-refractivity contribution is 0.0879. The molecule has 0 aliphatic carbocycles. The van der Waals surface area contributed by atoms with Crippen molar-refractivity contribution < 1.29 is 14.3 Å². The van der Waals surface area contributed by atoms with Gasteiger partial charge in [-0.3, -0.25) is 14.9 Å². The molecule has 7 nitrogen and oxygen atoms in total. The number of fused-ring (bicyclic) bond motifs is 1. The molecule has 2 amide bonds. The van der Waals surface area contributed by atoms with Crippen molar-refractivity contribution in [1.82, 2.24) is 10.3 Å². The van der Waals surface area contributed by atoms with E-state index in [0.29, 0.717) is 33.9 Å². The van der Waals surface area contributed by atoms with Gasteiger partial charge < -0.3 is 10.1 Å². The van der Waals surface area contributed by atoms with E-state index in [1.54, 1.807) is 37.4 Å². The second kappa shape index (κ2) is 6.85. The number of nitriles is 1. The van der Waals surface area contributed by atoms with E-state index >= 15 is 0 Å². The number of methoxy groups -OCH3 is 1. The van der Waals surface area contributed by atoms with Crippen LogP contribution in [-0.2, 0) is 0 Å². The molecule has 1 aliphatic heterocycles. The maximum Gasteiger partial charge on any atom is 0.259 e. The van der Waals surface area contributed by atoms with E-state index in [9.17, 15) is 14.9 Å². The van der Waals surface area contributed by atoms with Gasteiger partial charge in [0.15, 0.2) is 0 Å². The van der Waals surface area contributed by atoms with Gasteiger partial charge in [0.2, 0.25) is 0 Å². The minimum absolute atomic E-state index is 0.291. The van der Waals surface area contributed by atoms with Crippen LogP contribution in [0.2, 0.25) is 0 Å². The quantitative estimate of drug-likeness (QED) is 0.683. The number of aromatic nitrogens is 1. The third kappa shape index (κ3) is 3.04. The maximum atomic E-state index is 11.9. The van der Waals surface area contributed by atoms with Gasteiger partial charge in [0.1, 0.15) is 17.6 Å². The molecule has 2 aromatic carbocycles. The molecule has 0 radical (unpaired) electrons. The second-order valence-corrected chi connectivity index (χ2v) is 6.10. The van der Waals surface area contributed by atoms with Gasteiger partial charge in [-0.2, -0.15) is 5.26 Å². The van der Waals surface area contributed by atoms with Crippen molar-refractivity contribution in [3.8, 4) is 23.1 Å². The van der Waals surface area contributed by atoms with E-state index in [1.807, 2.05) is 24.3 Å². The van der Waals surface area contributed by atoms with Crippen molar-refractivity contribution in [3.05, 3.63) is 71.3 Å². The van der Waals surface area contributed by atoms with Crippen molar-refractivity contribution in [2.24, 2.45) is 0 Å². The Hall–Kier alpha value is -4.18. The highest BCUT2D eigenvalue weighted by molar-refractivity contribution is 6.21. The topological polar surface area (TPSA) is 104 Å². The van der Waals surface area contributed by atoms with E-state index in [2.05, 4.69) is 21.7 Å². The number of nitrogens with zero attached hydrogens (tertiary/aromatic N) is 2. The first kappa shape index (κ1) is 17.2. The summed E-state index contributed by atoms with van der Waals surface area (Å²) >= 11 is 0. The average Bonchev–Trinajstić information content (AvgIpc) is 3.01. The van der Waals surface area contributed by atoms with Crippen LogP contribution in [0.4, 0.5) is 11.5 Å². The molecule has 0 atom stereocenters. The van der Waals surface area contributed by atoms with Crippen LogP contribution in [0.1, 0.15) is 26.3 Å². The summed E-state index contributed by atoms with van der Waals surface area (Å²) in [6.45, 7) is 0. The Labute approximate surface area is 160 Å². The van der Waals surface area contributed by atoms with E-state index in [-0.39, 0.29) is 0 Å². The number of carbonyl (C=O) groups excluding carboxylic acids is 2. The van der Waals surface area contributed by atoms with Crippen molar-refractivity contribution in [1.29, 1.82) is 5.26 Å². The van der Waals surface area contributed by atoms with Crippen molar-refractivity contribution in [2.45, 2.75) is 0 Å². The van der Waals surface area contributed by atoms with Crippen molar-refractivity contribution in [2.75, 3.05) is 12.4 Å². The first-order chi connectivity index (χ1) is 13.6. The fraction of sp³-hybridized carbons (Fsp3) is 0.0476. The van der Waals surface area contributed by atoms with Gasteiger partial charge in [-0.25, -0.2) is 4.98 Å². The molecule has 0 saturated heterocycles. The molecular weight excluding hydrogens is 356 g/mol. The van der Waals surface area contributed by atoms with Crippen LogP contribution in [0, 0.1) is 11.3 Å². The van der Waals surface area contributed by atoms with Crippen LogP contribution < -0.4 is 15.4 Å². The van der Waals surface area contributed by atoms with E-state index < -0.39 is 11.8 Å². The molecule has 2 heterocycles. The van der Waals surface area contributed by atoms with Crippen molar-refractivity contribution >= 4 is 23.3 Å². The summed E-state index contributed by atoms with van der Waals surface area (Å²) in [4.78, 5) is 28.1. The summed E-state index contributed by atoms with van der Waals surface area (Å²) in [5.74, 6) is 0.246. The highest BCUT2D eigenvalue weighted by atomic mass is 16.5. The predicted octanol–water partition coefficient (Wildman–Crippen LogP) is 3.26. The number of ether oxygens (including phenoxy) is 1. The van der Waals surface area contributed by atoms with Gasteiger partial charge in [-0.15, -0.1) is 0 Å². The molecule has 0 bridgehead atoms. The van der Waals surface area contributed by atoms with Crippen molar-refractivity contribution in [3.63, 3.8) is 0 Å². The Morgan fingerprint density at radius 3 is 2.46 bits per heavy atom. The van der Waals surface area contributed by atoms with Crippen LogP contribution in [0.3, 0.4) is 0 Å². The van der Waals surface area contributed by atoms with Crippen LogP contribution in [0.5, 0.6) is 5.75 Å². The monoisotopic (exact) mass is 370 g/mol. The molecule has 136 valence electrons. The van der Waals surface area contributed by atoms with Gasteiger partial charge in [-0.1, -0.05) is 0 Å². The molecule has 4 rings (SSSR count). The van der Waals surface area contributed by atoms with Crippen LogP contribution >= 0.6 is 0 Å². The molecule has 0 unspecified atom stereocenters. The normalized spacial score (nSPS) is 12.1. The number of pyridine rings is 1. The Morgan fingerprint density at radius 2 is 1.75 bits per heavy atom. The van der Waals surface area contributed by atoms with E-state index in [4.69, 9.17) is 4.74 Å². The Bertz CT molecular complexity index is 1150. The molecule has 0 saturated carbocycles. The highest BCUT2D eigenvalue weighted by Crippen LogP contribution is 2.27. The number of imide groups is 1. The summed E-state index contributed by atoms with van der Waals surface area (Å²) < 4.78 is 5.16. The summed E-state index contributed by atoms with van der Waals surface area (Å²) in [5.41, 5.74) is 3.08. The van der Waals surface area contributed by atoms with Crippen LogP contribution in [0.15, 0.2) is 54.6 Å². The summed E-state index contributed by atoms with van der Waals surface area (Å²) in [6, 6.07) is 17.8.